The van der Waals surface area contributed by atoms with Gasteiger partial charge >= 0.3 is 18.4 Å². The van der Waals surface area contributed by atoms with Gasteiger partial charge in [-0.05, 0) is 37.3 Å². The molecule has 1 fully saturated rings. The van der Waals surface area contributed by atoms with Gasteiger partial charge in [-0.1, -0.05) is 18.2 Å². The maximum absolute atomic E-state index is 14.8. The van der Waals surface area contributed by atoms with Crippen molar-refractivity contribution in [3.8, 4) is 5.75 Å². The van der Waals surface area contributed by atoms with Crippen LogP contribution in [0.3, 0.4) is 0 Å². The lowest BCUT2D eigenvalue weighted by molar-refractivity contribution is -0.148. The van der Waals surface area contributed by atoms with E-state index < -0.39 is 42.4 Å². The number of aliphatic hydroxyl groups is 1. The highest BCUT2D eigenvalue weighted by molar-refractivity contribution is 5.94. The van der Waals surface area contributed by atoms with Gasteiger partial charge in [-0.2, -0.15) is 13.9 Å². The van der Waals surface area contributed by atoms with Gasteiger partial charge in [0.05, 0.1) is 12.6 Å². The molecule has 1 aromatic heterocycles. The molecule has 0 radical (unpaired) electrons. The van der Waals surface area contributed by atoms with Crippen LogP contribution in [-0.2, 0) is 5.60 Å². The first-order chi connectivity index (χ1) is 17.5. The summed E-state index contributed by atoms with van der Waals surface area (Å²) in [4.78, 5) is 19.9. The van der Waals surface area contributed by atoms with E-state index in [1.54, 1.807) is 13.0 Å². The summed E-state index contributed by atoms with van der Waals surface area (Å²) in [6, 6.07) is 9.89. The minimum Gasteiger partial charge on any atom is -0.487 e. The first kappa shape index (κ1) is 26.3. The molecule has 37 heavy (non-hydrogen) atoms. The molecule has 1 aliphatic heterocycles. The van der Waals surface area contributed by atoms with E-state index in [0.717, 1.165) is 0 Å². The Morgan fingerprint density at radius 2 is 1.81 bits per heavy atom. The number of urea groups is 1. The first-order valence-corrected chi connectivity index (χ1v) is 11.3. The van der Waals surface area contributed by atoms with Gasteiger partial charge < -0.3 is 14.7 Å². The number of benzene rings is 2. The Balaban J connectivity index is 1.51. The summed E-state index contributed by atoms with van der Waals surface area (Å²) in [5, 5.41) is 15.8. The second-order valence-electron chi connectivity index (χ2n) is 8.66. The number of β-amino-alcohol motifs (C(OH)–C–C–N with tert-alkyl or cyclic N) is 1. The van der Waals surface area contributed by atoms with E-state index in [9.17, 15) is 31.9 Å². The predicted molar refractivity (Wildman–Crippen MR) is 122 cm³/mol. The number of nitrogens with zero attached hydrogens (tertiary/aromatic N) is 5. The zero-order chi connectivity index (χ0) is 26.8. The van der Waals surface area contributed by atoms with Gasteiger partial charge in [0.15, 0.2) is 6.61 Å². The molecule has 4 rings (SSSR count). The van der Waals surface area contributed by atoms with Gasteiger partial charge in [-0.15, -0.1) is 0 Å². The molecule has 0 bridgehead atoms. The van der Waals surface area contributed by atoms with Crippen molar-refractivity contribution in [2.75, 3.05) is 31.1 Å². The van der Waals surface area contributed by atoms with Crippen molar-refractivity contribution in [2.24, 2.45) is 0 Å². The summed E-state index contributed by atoms with van der Waals surface area (Å²) in [5.74, 6) is -5.00. The standard InChI is InChI=1S/C24H24F5N5O3/c1-16(34-15-30-14-31-34)23(36,19-4-2-3-5-20(19)25)12-32-10-11-33(22(32)35)17-6-8-18(9-7-17)37-13-24(28,29)21(26)27/h2-9,14-16,21,36H,10-13H2,1H3/t16?,23-/m0/s1. The second-order valence-corrected chi connectivity index (χ2v) is 8.66. The van der Waals surface area contributed by atoms with Crippen molar-refractivity contribution in [1.82, 2.24) is 19.7 Å². The fraction of sp³-hybridized carbons (Fsp3) is 0.375. The molecule has 1 aliphatic rings. The molecule has 8 nitrogen and oxygen atoms in total. The van der Waals surface area contributed by atoms with Crippen LogP contribution in [0, 0.1) is 5.82 Å². The Morgan fingerprint density at radius 1 is 1.11 bits per heavy atom. The number of carbonyl (C=O) groups excluding carboxylic acids is 1. The number of hydrogen-bond acceptors (Lipinski definition) is 5. The van der Waals surface area contributed by atoms with Crippen LogP contribution >= 0.6 is 0 Å². The molecule has 13 heteroatoms. The van der Waals surface area contributed by atoms with E-state index in [1.165, 1.54) is 69.6 Å². The largest absolute Gasteiger partial charge is 0.487 e. The molecule has 0 spiro atoms. The van der Waals surface area contributed by atoms with Crippen LogP contribution in [0.1, 0.15) is 18.5 Å². The third-order valence-electron chi connectivity index (χ3n) is 6.29. The number of amides is 2. The maximum atomic E-state index is 14.8. The summed E-state index contributed by atoms with van der Waals surface area (Å²) < 4.78 is 71.8. The first-order valence-electron chi connectivity index (χ1n) is 11.3. The molecule has 2 atom stereocenters. The van der Waals surface area contributed by atoms with Crippen LogP contribution in [0.4, 0.5) is 32.4 Å². The lowest BCUT2D eigenvalue weighted by atomic mass is 9.86. The zero-order valence-corrected chi connectivity index (χ0v) is 19.6. The summed E-state index contributed by atoms with van der Waals surface area (Å²) in [7, 11) is 0. The molecule has 2 amide bonds. The highest BCUT2D eigenvalue weighted by atomic mass is 19.3. The van der Waals surface area contributed by atoms with Crippen molar-refractivity contribution in [1.29, 1.82) is 0 Å². The number of halogens is 5. The van der Waals surface area contributed by atoms with E-state index in [4.69, 9.17) is 4.74 Å². The minimum atomic E-state index is -4.29. The maximum Gasteiger partial charge on any atom is 0.340 e. The Labute approximate surface area is 208 Å². The van der Waals surface area contributed by atoms with Gasteiger partial charge in [-0.25, -0.2) is 27.6 Å². The highest BCUT2D eigenvalue weighted by Crippen LogP contribution is 2.36. The monoisotopic (exact) mass is 525 g/mol. The normalized spacial score (nSPS) is 16.8. The molecular formula is C24H24F5N5O3. The van der Waals surface area contributed by atoms with Crippen LogP contribution < -0.4 is 9.64 Å². The number of aromatic nitrogens is 3. The van der Waals surface area contributed by atoms with E-state index in [-0.39, 0.29) is 30.9 Å². The molecule has 198 valence electrons. The Bertz CT molecular complexity index is 1210. The van der Waals surface area contributed by atoms with Crippen molar-refractivity contribution >= 4 is 11.7 Å². The zero-order valence-electron chi connectivity index (χ0n) is 19.6. The van der Waals surface area contributed by atoms with Crippen molar-refractivity contribution in [2.45, 2.75) is 30.9 Å². The average molecular weight is 525 g/mol. The number of ether oxygens (including phenoxy) is 1. The average Bonchev–Trinajstić information content (AvgIpc) is 3.53. The molecule has 0 aliphatic carbocycles. The van der Waals surface area contributed by atoms with Crippen LogP contribution in [0.25, 0.3) is 0 Å². The minimum absolute atomic E-state index is 0.00801. The molecule has 1 saturated heterocycles. The number of rotatable bonds is 10. The van der Waals surface area contributed by atoms with E-state index >= 15 is 0 Å². The molecule has 1 N–H and O–H groups in total. The number of alkyl halides is 4. The summed E-state index contributed by atoms with van der Waals surface area (Å²) >= 11 is 0. The van der Waals surface area contributed by atoms with Gasteiger partial charge in [0, 0.05) is 24.3 Å². The Morgan fingerprint density at radius 3 is 2.43 bits per heavy atom. The molecular weight excluding hydrogens is 501 g/mol. The van der Waals surface area contributed by atoms with Crippen molar-refractivity contribution in [3.63, 3.8) is 0 Å². The summed E-state index contributed by atoms with van der Waals surface area (Å²) in [5.41, 5.74) is -1.47. The third kappa shape index (κ3) is 5.36. The van der Waals surface area contributed by atoms with Gasteiger partial charge in [0.25, 0.3) is 0 Å². The van der Waals surface area contributed by atoms with Crippen molar-refractivity contribution in [3.05, 3.63) is 72.6 Å². The summed E-state index contributed by atoms with van der Waals surface area (Å²) in [6.07, 6.45) is -1.19. The quantitative estimate of drug-likeness (QED) is 0.404. The van der Waals surface area contributed by atoms with E-state index in [2.05, 4.69) is 10.1 Å². The molecule has 3 aromatic rings. The van der Waals surface area contributed by atoms with Crippen LogP contribution in [0.2, 0.25) is 0 Å². The molecule has 2 heterocycles. The SMILES string of the molecule is CC(n1cncn1)[C@@](O)(CN1CCN(c2ccc(OCC(F)(F)C(F)F)cc2)C1=O)c1ccccc1F. The Hall–Kier alpha value is -3.74. The molecule has 0 saturated carbocycles. The summed E-state index contributed by atoms with van der Waals surface area (Å²) in [6.45, 7) is 0.328. The number of carbonyl (C=O) groups is 1. The second kappa shape index (κ2) is 10.3. The number of hydrogen-bond donors (Lipinski definition) is 1. The van der Waals surface area contributed by atoms with Crippen LogP contribution in [-0.4, -0.2) is 69.4 Å². The molecule has 2 aromatic carbocycles. The van der Waals surface area contributed by atoms with Gasteiger partial charge in [-0.3, -0.25) is 4.90 Å². The lowest BCUT2D eigenvalue weighted by Gasteiger charge is -2.37. The highest BCUT2D eigenvalue weighted by Gasteiger charge is 2.44. The number of anilines is 1. The lowest BCUT2D eigenvalue weighted by Crippen LogP contribution is -2.48. The Kier molecular flexibility index (Phi) is 7.35. The third-order valence-corrected chi connectivity index (χ3v) is 6.29. The van der Waals surface area contributed by atoms with Crippen LogP contribution in [0.15, 0.2) is 61.2 Å². The van der Waals surface area contributed by atoms with Crippen molar-refractivity contribution < 1.29 is 36.6 Å². The smallest absolute Gasteiger partial charge is 0.340 e. The van der Waals surface area contributed by atoms with Gasteiger partial charge in [0.2, 0.25) is 0 Å². The topological polar surface area (TPSA) is 83.7 Å². The van der Waals surface area contributed by atoms with Crippen LogP contribution in [0.5, 0.6) is 5.75 Å². The predicted octanol–water partition coefficient (Wildman–Crippen LogP) is 4.09. The molecule has 1 unspecified atom stereocenters. The van der Waals surface area contributed by atoms with Gasteiger partial charge in [0.1, 0.15) is 29.8 Å². The fourth-order valence-corrected chi connectivity index (χ4v) is 4.12. The van der Waals surface area contributed by atoms with E-state index in [0.29, 0.717) is 5.69 Å². The fourth-order valence-electron chi connectivity index (χ4n) is 4.12. The van der Waals surface area contributed by atoms with E-state index in [1.807, 2.05) is 0 Å².